The molecule has 0 aliphatic carbocycles. The van der Waals surface area contributed by atoms with E-state index < -0.39 is 0 Å². The molecule has 1 N–H and O–H groups in total. The molecular weight excluding hydrogens is 234 g/mol. The van der Waals surface area contributed by atoms with E-state index in [4.69, 9.17) is 4.74 Å². The highest BCUT2D eigenvalue weighted by molar-refractivity contribution is 5.84. The summed E-state index contributed by atoms with van der Waals surface area (Å²) in [5.74, 6) is 0.912. The van der Waals surface area contributed by atoms with Gasteiger partial charge in [-0.05, 0) is 47.9 Å². The number of ether oxygens (including phenoxy) is 1. The molecule has 0 bridgehead atoms. The number of methoxy groups -OCH3 is 1. The van der Waals surface area contributed by atoms with E-state index in [9.17, 15) is 0 Å². The average Bonchev–Trinajstić information content (AvgIpc) is 2.44. The summed E-state index contributed by atoms with van der Waals surface area (Å²) < 4.78 is 5.25. The van der Waals surface area contributed by atoms with Crippen LogP contribution in [0.5, 0.6) is 5.75 Å². The fraction of sp³-hybridized carbons (Fsp3) is 0.412. The summed E-state index contributed by atoms with van der Waals surface area (Å²) in [5, 5.41) is 6.06. The molecule has 102 valence electrons. The maximum Gasteiger partial charge on any atom is 0.119 e. The first kappa shape index (κ1) is 13.9. The SMILES string of the molecule is CCCC(C)NCc1ccc2cc(OC)ccc2c1. The van der Waals surface area contributed by atoms with Crippen molar-refractivity contribution in [3.8, 4) is 5.75 Å². The third kappa shape index (κ3) is 3.71. The minimum atomic E-state index is 0.580. The van der Waals surface area contributed by atoms with Gasteiger partial charge in [0.2, 0.25) is 0 Å². The average molecular weight is 257 g/mol. The number of hydrogen-bond donors (Lipinski definition) is 1. The highest BCUT2D eigenvalue weighted by atomic mass is 16.5. The van der Waals surface area contributed by atoms with E-state index in [2.05, 4.69) is 49.5 Å². The van der Waals surface area contributed by atoms with Crippen LogP contribution in [-0.4, -0.2) is 13.2 Å². The lowest BCUT2D eigenvalue weighted by molar-refractivity contribution is 0.415. The Bertz CT molecular complexity index is 536. The first-order chi connectivity index (χ1) is 9.22. The van der Waals surface area contributed by atoms with E-state index in [1.54, 1.807) is 7.11 Å². The van der Waals surface area contributed by atoms with Crippen LogP contribution in [0.15, 0.2) is 36.4 Å². The minimum absolute atomic E-state index is 0.580. The Balaban J connectivity index is 2.09. The monoisotopic (exact) mass is 257 g/mol. The van der Waals surface area contributed by atoms with Crippen molar-refractivity contribution in [1.82, 2.24) is 5.32 Å². The van der Waals surface area contributed by atoms with Gasteiger partial charge in [-0.2, -0.15) is 0 Å². The predicted molar refractivity (Wildman–Crippen MR) is 81.7 cm³/mol. The van der Waals surface area contributed by atoms with Gasteiger partial charge in [-0.3, -0.25) is 0 Å². The number of rotatable bonds is 6. The normalized spacial score (nSPS) is 12.6. The molecule has 0 saturated heterocycles. The summed E-state index contributed by atoms with van der Waals surface area (Å²) in [7, 11) is 1.70. The standard InChI is InChI=1S/C17H23NO/c1-4-5-13(2)18-12-14-6-7-16-11-17(19-3)9-8-15(16)10-14/h6-11,13,18H,4-5,12H2,1-3H3. The summed E-state index contributed by atoms with van der Waals surface area (Å²) in [6, 6.07) is 13.4. The van der Waals surface area contributed by atoms with Crippen molar-refractivity contribution < 1.29 is 4.74 Å². The van der Waals surface area contributed by atoms with Crippen LogP contribution in [0.4, 0.5) is 0 Å². The summed E-state index contributed by atoms with van der Waals surface area (Å²) >= 11 is 0. The summed E-state index contributed by atoms with van der Waals surface area (Å²) in [6.07, 6.45) is 2.45. The molecule has 0 radical (unpaired) electrons. The molecule has 0 fully saturated rings. The number of hydrogen-bond acceptors (Lipinski definition) is 2. The molecule has 19 heavy (non-hydrogen) atoms. The van der Waals surface area contributed by atoms with E-state index in [1.807, 2.05) is 6.07 Å². The van der Waals surface area contributed by atoms with Gasteiger partial charge in [0.15, 0.2) is 0 Å². The maximum atomic E-state index is 5.25. The molecule has 0 heterocycles. The smallest absolute Gasteiger partial charge is 0.119 e. The van der Waals surface area contributed by atoms with Crippen molar-refractivity contribution in [2.75, 3.05) is 7.11 Å². The molecule has 0 aromatic heterocycles. The van der Waals surface area contributed by atoms with Crippen molar-refractivity contribution >= 4 is 10.8 Å². The largest absolute Gasteiger partial charge is 0.497 e. The second-order valence-electron chi connectivity index (χ2n) is 5.12. The van der Waals surface area contributed by atoms with Crippen LogP contribution < -0.4 is 10.1 Å². The third-order valence-corrected chi connectivity index (χ3v) is 3.49. The maximum absolute atomic E-state index is 5.25. The molecular formula is C17H23NO. The van der Waals surface area contributed by atoms with Crippen LogP contribution in [0, 0.1) is 0 Å². The van der Waals surface area contributed by atoms with Crippen molar-refractivity contribution in [1.29, 1.82) is 0 Å². The Morgan fingerprint density at radius 1 is 1.11 bits per heavy atom. The molecule has 0 spiro atoms. The Morgan fingerprint density at radius 3 is 2.58 bits per heavy atom. The van der Waals surface area contributed by atoms with Crippen LogP contribution in [0.25, 0.3) is 10.8 Å². The fourth-order valence-corrected chi connectivity index (χ4v) is 2.34. The topological polar surface area (TPSA) is 21.3 Å². The van der Waals surface area contributed by atoms with Gasteiger partial charge in [-0.15, -0.1) is 0 Å². The van der Waals surface area contributed by atoms with Crippen molar-refractivity contribution in [2.24, 2.45) is 0 Å². The van der Waals surface area contributed by atoms with Crippen LogP contribution >= 0.6 is 0 Å². The molecule has 2 aromatic carbocycles. The Hall–Kier alpha value is -1.54. The first-order valence-corrected chi connectivity index (χ1v) is 7.03. The van der Waals surface area contributed by atoms with E-state index in [-0.39, 0.29) is 0 Å². The van der Waals surface area contributed by atoms with Crippen molar-refractivity contribution in [2.45, 2.75) is 39.3 Å². The van der Waals surface area contributed by atoms with Crippen LogP contribution in [0.2, 0.25) is 0 Å². The van der Waals surface area contributed by atoms with Gasteiger partial charge >= 0.3 is 0 Å². The summed E-state index contributed by atoms with van der Waals surface area (Å²) in [5.41, 5.74) is 1.33. The lowest BCUT2D eigenvalue weighted by atomic mass is 10.1. The highest BCUT2D eigenvalue weighted by Crippen LogP contribution is 2.21. The first-order valence-electron chi connectivity index (χ1n) is 7.03. The Morgan fingerprint density at radius 2 is 1.84 bits per heavy atom. The third-order valence-electron chi connectivity index (χ3n) is 3.49. The fourth-order valence-electron chi connectivity index (χ4n) is 2.34. The molecule has 1 unspecified atom stereocenters. The lowest BCUT2D eigenvalue weighted by Gasteiger charge is -2.13. The zero-order valence-corrected chi connectivity index (χ0v) is 12.1. The van der Waals surface area contributed by atoms with Gasteiger partial charge in [0.1, 0.15) is 5.75 Å². The lowest BCUT2D eigenvalue weighted by Crippen LogP contribution is -2.24. The van der Waals surface area contributed by atoms with Gasteiger partial charge in [-0.25, -0.2) is 0 Å². The molecule has 0 aliphatic heterocycles. The van der Waals surface area contributed by atoms with E-state index in [0.717, 1.165) is 12.3 Å². The van der Waals surface area contributed by atoms with Gasteiger partial charge in [-0.1, -0.05) is 31.5 Å². The molecule has 1 atom stereocenters. The van der Waals surface area contributed by atoms with Gasteiger partial charge in [0.25, 0.3) is 0 Å². The van der Waals surface area contributed by atoms with Gasteiger partial charge < -0.3 is 10.1 Å². The Labute approximate surface area is 115 Å². The zero-order valence-electron chi connectivity index (χ0n) is 12.1. The second-order valence-corrected chi connectivity index (χ2v) is 5.12. The van der Waals surface area contributed by atoms with E-state index in [1.165, 1.54) is 29.2 Å². The molecule has 0 aliphatic rings. The molecule has 2 nitrogen and oxygen atoms in total. The van der Waals surface area contributed by atoms with Crippen molar-refractivity contribution in [3.05, 3.63) is 42.0 Å². The van der Waals surface area contributed by atoms with Gasteiger partial charge in [0.05, 0.1) is 7.11 Å². The molecule has 0 saturated carbocycles. The highest BCUT2D eigenvalue weighted by Gasteiger charge is 2.02. The second kappa shape index (κ2) is 6.58. The van der Waals surface area contributed by atoms with Gasteiger partial charge in [0, 0.05) is 12.6 Å². The number of nitrogens with one attached hydrogen (secondary N) is 1. The minimum Gasteiger partial charge on any atom is -0.497 e. The summed E-state index contributed by atoms with van der Waals surface area (Å²) in [6.45, 7) is 5.40. The number of benzene rings is 2. The zero-order chi connectivity index (χ0) is 13.7. The van der Waals surface area contributed by atoms with Crippen molar-refractivity contribution in [3.63, 3.8) is 0 Å². The Kier molecular flexibility index (Phi) is 4.80. The molecule has 2 heteroatoms. The van der Waals surface area contributed by atoms with Crippen LogP contribution in [0.1, 0.15) is 32.3 Å². The predicted octanol–water partition coefficient (Wildman–Crippen LogP) is 4.13. The van der Waals surface area contributed by atoms with E-state index in [0.29, 0.717) is 6.04 Å². The summed E-state index contributed by atoms with van der Waals surface area (Å²) in [4.78, 5) is 0. The number of fused-ring (bicyclic) bond motifs is 1. The quantitative estimate of drug-likeness (QED) is 0.840. The molecule has 2 rings (SSSR count). The van der Waals surface area contributed by atoms with Crippen LogP contribution in [0.3, 0.4) is 0 Å². The molecule has 2 aromatic rings. The molecule has 0 amide bonds. The van der Waals surface area contributed by atoms with E-state index >= 15 is 0 Å². The van der Waals surface area contributed by atoms with Crippen LogP contribution in [-0.2, 0) is 6.54 Å².